The van der Waals surface area contributed by atoms with Crippen LogP contribution in [0.3, 0.4) is 0 Å². The molecular weight excluding hydrogens is 232 g/mol. The Kier molecular flexibility index (Phi) is 4.09. The van der Waals surface area contributed by atoms with Crippen LogP contribution in [0.1, 0.15) is 11.3 Å². The zero-order chi connectivity index (χ0) is 12.8. The maximum atomic E-state index is 10.8. The predicted octanol–water partition coefficient (Wildman–Crippen LogP) is 2.52. The molecule has 5 heteroatoms. The first-order valence-corrected chi connectivity index (χ1v) is 5.73. The lowest BCUT2D eigenvalue weighted by atomic mass is 10.2. The number of furan rings is 1. The third-order valence-corrected chi connectivity index (χ3v) is 2.63. The second kappa shape index (κ2) is 5.97. The van der Waals surface area contributed by atoms with Gasteiger partial charge in [0, 0.05) is 31.1 Å². The largest absolute Gasteiger partial charge is 0.469 e. The number of benzene rings is 1. The number of nitro benzene ring substituents is 1. The molecule has 0 fully saturated rings. The maximum absolute atomic E-state index is 10.8. The number of nitro groups is 1. The summed E-state index contributed by atoms with van der Waals surface area (Å²) in [6.45, 7) is 1.21. The summed E-state index contributed by atoms with van der Waals surface area (Å²) in [5.74, 6) is 0.907. The highest BCUT2D eigenvalue weighted by atomic mass is 16.6. The van der Waals surface area contributed by atoms with E-state index in [2.05, 4.69) is 5.32 Å². The van der Waals surface area contributed by atoms with Crippen molar-refractivity contribution in [1.82, 2.24) is 5.32 Å². The van der Waals surface area contributed by atoms with Gasteiger partial charge < -0.3 is 9.73 Å². The molecule has 0 unspecified atom stereocenters. The molecule has 1 heterocycles. The smallest absolute Gasteiger partial charge is 0.273 e. The van der Waals surface area contributed by atoms with E-state index in [1.54, 1.807) is 24.5 Å². The van der Waals surface area contributed by atoms with E-state index in [-0.39, 0.29) is 10.6 Å². The van der Waals surface area contributed by atoms with Crippen molar-refractivity contribution in [3.05, 3.63) is 64.1 Å². The molecule has 2 rings (SSSR count). The number of hydrogen-bond donors (Lipinski definition) is 1. The summed E-state index contributed by atoms with van der Waals surface area (Å²) in [7, 11) is 0. The van der Waals surface area contributed by atoms with Crippen molar-refractivity contribution in [1.29, 1.82) is 0 Å². The van der Waals surface area contributed by atoms with Gasteiger partial charge in [0.15, 0.2) is 0 Å². The van der Waals surface area contributed by atoms with Crippen LogP contribution in [0.15, 0.2) is 47.1 Å². The highest BCUT2D eigenvalue weighted by Crippen LogP contribution is 2.16. The van der Waals surface area contributed by atoms with Gasteiger partial charge in [-0.15, -0.1) is 0 Å². The molecule has 1 N–H and O–H groups in total. The van der Waals surface area contributed by atoms with Crippen molar-refractivity contribution in [2.45, 2.75) is 13.0 Å². The van der Waals surface area contributed by atoms with Crippen LogP contribution >= 0.6 is 0 Å². The molecule has 0 amide bonds. The van der Waals surface area contributed by atoms with Gasteiger partial charge in [-0.25, -0.2) is 0 Å². The van der Waals surface area contributed by atoms with Crippen molar-refractivity contribution in [2.75, 3.05) is 6.54 Å². The molecule has 0 atom stereocenters. The minimum atomic E-state index is -0.358. The van der Waals surface area contributed by atoms with Crippen LogP contribution in [0, 0.1) is 10.1 Å². The second-order valence-electron chi connectivity index (χ2n) is 3.89. The number of nitrogens with zero attached hydrogens (tertiary/aromatic N) is 1. The zero-order valence-corrected chi connectivity index (χ0v) is 9.83. The van der Waals surface area contributed by atoms with Crippen molar-refractivity contribution < 1.29 is 9.34 Å². The minimum absolute atomic E-state index is 0.156. The quantitative estimate of drug-likeness (QED) is 0.483. The van der Waals surface area contributed by atoms with Crippen molar-refractivity contribution in [3.8, 4) is 0 Å². The monoisotopic (exact) mass is 246 g/mol. The Labute approximate surface area is 105 Å². The first-order chi connectivity index (χ1) is 8.77. The first-order valence-electron chi connectivity index (χ1n) is 5.73. The highest BCUT2D eigenvalue weighted by Gasteiger charge is 2.11. The summed E-state index contributed by atoms with van der Waals surface area (Å²) in [5.41, 5.74) is 0.852. The lowest BCUT2D eigenvalue weighted by molar-refractivity contribution is -0.385. The molecule has 5 nitrogen and oxygen atoms in total. The molecule has 94 valence electrons. The summed E-state index contributed by atoms with van der Waals surface area (Å²) in [6, 6.07) is 10.5. The second-order valence-corrected chi connectivity index (χ2v) is 3.89. The Bertz CT molecular complexity index is 509. The summed E-state index contributed by atoms with van der Waals surface area (Å²) < 4.78 is 5.20. The van der Waals surface area contributed by atoms with E-state index in [4.69, 9.17) is 4.42 Å². The molecule has 0 saturated carbocycles. The average molecular weight is 246 g/mol. The first kappa shape index (κ1) is 12.3. The normalized spacial score (nSPS) is 10.4. The van der Waals surface area contributed by atoms with Gasteiger partial charge in [0.2, 0.25) is 0 Å². The van der Waals surface area contributed by atoms with E-state index in [1.807, 2.05) is 12.1 Å². The van der Waals surface area contributed by atoms with Crippen LogP contribution in [0.25, 0.3) is 0 Å². The molecule has 0 radical (unpaired) electrons. The van der Waals surface area contributed by atoms with Crippen LogP contribution in [-0.4, -0.2) is 11.5 Å². The predicted molar refractivity (Wildman–Crippen MR) is 67.2 cm³/mol. The van der Waals surface area contributed by atoms with Gasteiger partial charge in [-0.2, -0.15) is 0 Å². The lowest BCUT2D eigenvalue weighted by Crippen LogP contribution is -2.17. The van der Waals surface area contributed by atoms with Gasteiger partial charge in [-0.1, -0.05) is 18.2 Å². The van der Waals surface area contributed by atoms with Gasteiger partial charge in [-0.3, -0.25) is 10.1 Å². The van der Waals surface area contributed by atoms with Crippen molar-refractivity contribution in [2.24, 2.45) is 0 Å². The minimum Gasteiger partial charge on any atom is -0.469 e. The average Bonchev–Trinajstić information content (AvgIpc) is 2.88. The third kappa shape index (κ3) is 3.18. The molecule has 0 aliphatic rings. The molecule has 1 aromatic carbocycles. The molecule has 1 aromatic heterocycles. The van der Waals surface area contributed by atoms with E-state index >= 15 is 0 Å². The van der Waals surface area contributed by atoms with Crippen LogP contribution in [0.2, 0.25) is 0 Å². The Morgan fingerprint density at radius 3 is 2.78 bits per heavy atom. The molecule has 0 bridgehead atoms. The lowest BCUT2D eigenvalue weighted by Gasteiger charge is -2.04. The maximum Gasteiger partial charge on any atom is 0.273 e. The van der Waals surface area contributed by atoms with E-state index < -0.39 is 0 Å². The molecule has 0 saturated heterocycles. The Morgan fingerprint density at radius 2 is 2.06 bits per heavy atom. The fraction of sp³-hybridized carbons (Fsp3) is 0.231. The van der Waals surface area contributed by atoms with Crippen LogP contribution in [-0.2, 0) is 13.0 Å². The fourth-order valence-electron chi connectivity index (χ4n) is 1.73. The van der Waals surface area contributed by atoms with Gasteiger partial charge >= 0.3 is 0 Å². The van der Waals surface area contributed by atoms with Crippen LogP contribution in [0.5, 0.6) is 0 Å². The summed E-state index contributed by atoms with van der Waals surface area (Å²) in [4.78, 5) is 10.4. The highest BCUT2D eigenvalue weighted by molar-refractivity contribution is 5.39. The van der Waals surface area contributed by atoms with Crippen LogP contribution in [0.4, 0.5) is 5.69 Å². The number of rotatable bonds is 6. The van der Waals surface area contributed by atoms with E-state index in [1.165, 1.54) is 6.07 Å². The Morgan fingerprint density at radius 1 is 1.22 bits per heavy atom. The number of nitrogens with one attached hydrogen (secondary N) is 1. The summed E-state index contributed by atoms with van der Waals surface area (Å²) >= 11 is 0. The molecular formula is C13H14N2O3. The molecule has 18 heavy (non-hydrogen) atoms. The van der Waals surface area contributed by atoms with E-state index in [9.17, 15) is 10.1 Å². The molecule has 2 aromatic rings. The fourth-order valence-corrected chi connectivity index (χ4v) is 1.73. The standard InChI is InChI=1S/C13H14N2O3/c16-15(17)13-6-2-1-4-11(13)10-14-8-7-12-5-3-9-18-12/h1-6,9,14H,7-8,10H2. The van der Waals surface area contributed by atoms with Gasteiger partial charge in [0.1, 0.15) is 5.76 Å². The topological polar surface area (TPSA) is 68.3 Å². The number of hydrogen-bond acceptors (Lipinski definition) is 4. The van der Waals surface area contributed by atoms with Crippen molar-refractivity contribution in [3.63, 3.8) is 0 Å². The van der Waals surface area contributed by atoms with Gasteiger partial charge in [0.25, 0.3) is 5.69 Å². The van der Waals surface area contributed by atoms with E-state index in [0.717, 1.165) is 18.7 Å². The zero-order valence-electron chi connectivity index (χ0n) is 9.83. The summed E-state index contributed by atoms with van der Waals surface area (Å²) in [5, 5.41) is 14.0. The summed E-state index contributed by atoms with van der Waals surface area (Å²) in [6.07, 6.45) is 2.41. The third-order valence-electron chi connectivity index (χ3n) is 2.63. The Balaban J connectivity index is 1.85. The SMILES string of the molecule is O=[N+]([O-])c1ccccc1CNCCc1ccco1. The van der Waals surface area contributed by atoms with Crippen molar-refractivity contribution >= 4 is 5.69 Å². The molecule has 0 aliphatic heterocycles. The van der Waals surface area contributed by atoms with Gasteiger partial charge in [0.05, 0.1) is 11.2 Å². The molecule has 0 aliphatic carbocycles. The molecule has 0 spiro atoms. The van der Waals surface area contributed by atoms with E-state index in [0.29, 0.717) is 12.1 Å². The van der Waals surface area contributed by atoms with Crippen LogP contribution < -0.4 is 5.32 Å². The van der Waals surface area contributed by atoms with Gasteiger partial charge in [-0.05, 0) is 12.1 Å². The Hall–Kier alpha value is -2.14. The number of para-hydroxylation sites is 1.